The predicted molar refractivity (Wildman–Crippen MR) is 71.1 cm³/mol. The molecule has 2 atom stereocenters. The van der Waals surface area contributed by atoms with Crippen LogP contribution in [0.5, 0.6) is 0 Å². The van der Waals surface area contributed by atoms with Crippen LogP contribution in [0.2, 0.25) is 0 Å². The predicted octanol–water partition coefficient (Wildman–Crippen LogP) is 5.59. The Bertz CT molecular complexity index is 137. The molecule has 0 rings (SSSR count). The normalized spacial score (nSPS) is 14.9. The van der Waals surface area contributed by atoms with Gasteiger partial charge in [0.05, 0.1) is 0 Å². The van der Waals surface area contributed by atoms with E-state index in [-0.39, 0.29) is 0 Å². The van der Waals surface area contributed by atoms with E-state index in [1.807, 2.05) is 0 Å². The lowest BCUT2D eigenvalue weighted by molar-refractivity contribution is 0.357. The van der Waals surface area contributed by atoms with Crippen molar-refractivity contribution >= 4 is 0 Å². The van der Waals surface area contributed by atoms with Crippen LogP contribution >= 0.6 is 0 Å². The molecule has 0 amide bonds. The number of hydrogen-bond donors (Lipinski definition) is 0. The van der Waals surface area contributed by atoms with Crippen LogP contribution in [0.1, 0.15) is 72.1 Å². The van der Waals surface area contributed by atoms with Crippen molar-refractivity contribution in [3.63, 3.8) is 0 Å². The molecule has 0 N–H and O–H groups in total. The molecule has 0 aliphatic heterocycles. The summed E-state index contributed by atoms with van der Waals surface area (Å²) < 4.78 is 0. The Morgan fingerprint density at radius 3 is 1.93 bits per heavy atom. The van der Waals surface area contributed by atoms with Gasteiger partial charge in [0, 0.05) is 0 Å². The van der Waals surface area contributed by atoms with Crippen molar-refractivity contribution in [2.45, 2.75) is 72.1 Å². The number of allylic oxidation sites excluding steroid dienone is 1. The molecule has 0 aliphatic carbocycles. The quantitative estimate of drug-likeness (QED) is 0.326. The molecule has 0 nitrogen and oxygen atoms in total. The summed E-state index contributed by atoms with van der Waals surface area (Å²) in [6, 6.07) is 0. The summed E-state index contributed by atoms with van der Waals surface area (Å²) in [7, 11) is 0. The van der Waals surface area contributed by atoms with Gasteiger partial charge in [-0.3, -0.25) is 0 Å². The van der Waals surface area contributed by atoms with Crippen molar-refractivity contribution in [2.24, 2.45) is 11.8 Å². The summed E-state index contributed by atoms with van der Waals surface area (Å²) in [6.45, 7) is 10.9. The molecule has 0 bridgehead atoms. The second-order valence-electron chi connectivity index (χ2n) is 4.87. The van der Waals surface area contributed by atoms with Crippen molar-refractivity contribution in [2.75, 3.05) is 0 Å². The molecule has 0 radical (unpaired) electrons. The second-order valence-corrected chi connectivity index (χ2v) is 4.87. The van der Waals surface area contributed by atoms with Crippen molar-refractivity contribution < 1.29 is 0 Å². The molecule has 2 unspecified atom stereocenters. The van der Waals surface area contributed by atoms with Gasteiger partial charge in [0.1, 0.15) is 0 Å². The van der Waals surface area contributed by atoms with Gasteiger partial charge in [-0.05, 0) is 18.3 Å². The van der Waals surface area contributed by atoms with Gasteiger partial charge in [-0.2, -0.15) is 0 Å². The second kappa shape index (κ2) is 10.3. The fourth-order valence-corrected chi connectivity index (χ4v) is 2.20. The molecule has 15 heavy (non-hydrogen) atoms. The molecule has 0 aromatic rings. The van der Waals surface area contributed by atoms with E-state index in [1.165, 1.54) is 51.4 Å². The van der Waals surface area contributed by atoms with Gasteiger partial charge in [-0.15, -0.1) is 6.58 Å². The molecule has 0 aromatic heterocycles. The van der Waals surface area contributed by atoms with Crippen molar-refractivity contribution in [1.29, 1.82) is 0 Å². The number of hydrogen-bond acceptors (Lipinski definition) is 0. The molecule has 0 heteroatoms. The van der Waals surface area contributed by atoms with Gasteiger partial charge in [0.15, 0.2) is 0 Å². The third-order valence-corrected chi connectivity index (χ3v) is 3.44. The van der Waals surface area contributed by atoms with E-state index >= 15 is 0 Å². The lowest BCUT2D eigenvalue weighted by atomic mass is 9.85. The lowest BCUT2D eigenvalue weighted by Gasteiger charge is -2.20. The highest BCUT2D eigenvalue weighted by atomic mass is 14.2. The van der Waals surface area contributed by atoms with E-state index in [0.29, 0.717) is 0 Å². The Kier molecular flexibility index (Phi) is 10.1. The molecule has 0 saturated heterocycles. The number of unbranched alkanes of at least 4 members (excludes halogenated alkanes) is 4. The molecular formula is C15H30. The van der Waals surface area contributed by atoms with Crippen LogP contribution in [-0.4, -0.2) is 0 Å². The average molecular weight is 210 g/mol. The molecule has 90 valence electrons. The zero-order valence-electron chi connectivity index (χ0n) is 11.1. The molecule has 0 fully saturated rings. The summed E-state index contributed by atoms with van der Waals surface area (Å²) in [6.07, 6.45) is 13.1. The Labute approximate surface area is 97.2 Å². The Balaban J connectivity index is 3.67. The Morgan fingerprint density at radius 2 is 1.47 bits per heavy atom. The first-order valence-electron chi connectivity index (χ1n) is 6.88. The maximum atomic E-state index is 3.99. The van der Waals surface area contributed by atoms with Crippen LogP contribution in [0.25, 0.3) is 0 Å². The number of rotatable bonds is 10. The van der Waals surface area contributed by atoms with E-state index < -0.39 is 0 Å². The van der Waals surface area contributed by atoms with Gasteiger partial charge in [0.2, 0.25) is 0 Å². The fraction of sp³-hybridized carbons (Fsp3) is 0.867. The molecule has 0 aliphatic rings. The van der Waals surface area contributed by atoms with Gasteiger partial charge in [-0.25, -0.2) is 0 Å². The topological polar surface area (TPSA) is 0 Å². The first-order valence-corrected chi connectivity index (χ1v) is 6.88. The SMILES string of the molecule is C=CC(CCCCC)C(C)CCCCC. The Morgan fingerprint density at radius 1 is 0.933 bits per heavy atom. The summed E-state index contributed by atoms with van der Waals surface area (Å²) in [5.74, 6) is 1.60. The summed E-state index contributed by atoms with van der Waals surface area (Å²) in [5, 5.41) is 0. The average Bonchev–Trinajstić information content (AvgIpc) is 2.24. The molecule has 0 saturated carbocycles. The van der Waals surface area contributed by atoms with E-state index in [0.717, 1.165) is 11.8 Å². The first kappa shape index (κ1) is 14.7. The van der Waals surface area contributed by atoms with Crippen LogP contribution in [0.3, 0.4) is 0 Å². The van der Waals surface area contributed by atoms with Gasteiger partial charge in [0.25, 0.3) is 0 Å². The molecular weight excluding hydrogens is 180 g/mol. The van der Waals surface area contributed by atoms with E-state index in [2.05, 4.69) is 33.4 Å². The molecule has 0 aromatic carbocycles. The maximum Gasteiger partial charge on any atom is -0.0210 e. The first-order chi connectivity index (χ1) is 7.26. The van der Waals surface area contributed by atoms with Crippen LogP contribution in [-0.2, 0) is 0 Å². The van der Waals surface area contributed by atoms with Gasteiger partial charge in [-0.1, -0.05) is 71.8 Å². The maximum absolute atomic E-state index is 3.99. The van der Waals surface area contributed by atoms with Crippen LogP contribution < -0.4 is 0 Å². The van der Waals surface area contributed by atoms with Gasteiger partial charge >= 0.3 is 0 Å². The van der Waals surface area contributed by atoms with E-state index in [4.69, 9.17) is 0 Å². The minimum Gasteiger partial charge on any atom is -0.103 e. The Hall–Kier alpha value is -0.260. The zero-order chi connectivity index (χ0) is 11.5. The fourth-order valence-electron chi connectivity index (χ4n) is 2.20. The minimum absolute atomic E-state index is 0.758. The highest BCUT2D eigenvalue weighted by molar-refractivity contribution is 4.82. The summed E-state index contributed by atoms with van der Waals surface area (Å²) in [5.41, 5.74) is 0. The highest BCUT2D eigenvalue weighted by Gasteiger charge is 2.12. The van der Waals surface area contributed by atoms with Crippen molar-refractivity contribution in [3.05, 3.63) is 12.7 Å². The van der Waals surface area contributed by atoms with Crippen LogP contribution in [0.15, 0.2) is 12.7 Å². The summed E-state index contributed by atoms with van der Waals surface area (Å²) in [4.78, 5) is 0. The monoisotopic (exact) mass is 210 g/mol. The lowest BCUT2D eigenvalue weighted by Crippen LogP contribution is -2.09. The van der Waals surface area contributed by atoms with Crippen LogP contribution in [0, 0.1) is 11.8 Å². The van der Waals surface area contributed by atoms with E-state index in [9.17, 15) is 0 Å². The third kappa shape index (κ3) is 7.64. The smallest absolute Gasteiger partial charge is 0.0210 e. The highest BCUT2D eigenvalue weighted by Crippen LogP contribution is 2.24. The molecule has 0 spiro atoms. The minimum atomic E-state index is 0.758. The molecule has 0 heterocycles. The van der Waals surface area contributed by atoms with E-state index in [1.54, 1.807) is 0 Å². The summed E-state index contributed by atoms with van der Waals surface area (Å²) >= 11 is 0. The zero-order valence-corrected chi connectivity index (χ0v) is 11.1. The van der Waals surface area contributed by atoms with Crippen molar-refractivity contribution in [1.82, 2.24) is 0 Å². The largest absolute Gasteiger partial charge is 0.103 e. The third-order valence-electron chi connectivity index (χ3n) is 3.44. The van der Waals surface area contributed by atoms with Gasteiger partial charge < -0.3 is 0 Å². The van der Waals surface area contributed by atoms with Crippen LogP contribution in [0.4, 0.5) is 0 Å². The van der Waals surface area contributed by atoms with Crippen molar-refractivity contribution in [3.8, 4) is 0 Å². The standard InChI is InChI=1S/C15H30/c1-5-8-10-12-14(4)15(7-3)13-11-9-6-2/h7,14-15H,3,5-6,8-13H2,1-2,4H3.